The summed E-state index contributed by atoms with van der Waals surface area (Å²) in [4.78, 5) is 28.1. The van der Waals surface area contributed by atoms with E-state index >= 15 is 0 Å². The third-order valence-electron chi connectivity index (χ3n) is 5.91. The van der Waals surface area contributed by atoms with E-state index in [0.29, 0.717) is 27.0 Å². The first-order chi connectivity index (χ1) is 18.4. The van der Waals surface area contributed by atoms with Gasteiger partial charge in [0.2, 0.25) is 11.8 Å². The topological polar surface area (TPSA) is 96.0 Å². The number of methoxy groups -OCH3 is 1. The van der Waals surface area contributed by atoms with E-state index in [1.165, 1.54) is 36.3 Å². The Hall–Kier alpha value is -3.27. The van der Waals surface area contributed by atoms with Gasteiger partial charge in [-0.2, -0.15) is 0 Å². The molecule has 2 amide bonds. The second-order valence-corrected chi connectivity index (χ2v) is 11.8. The molecule has 0 aliphatic carbocycles. The molecule has 0 radical (unpaired) electrons. The molecule has 39 heavy (non-hydrogen) atoms. The molecular formula is C28H31Cl2N3O5S. The summed E-state index contributed by atoms with van der Waals surface area (Å²) < 4.78 is 33.7. The molecule has 11 heteroatoms. The molecule has 1 atom stereocenters. The van der Waals surface area contributed by atoms with Crippen LogP contribution in [0.5, 0.6) is 5.75 Å². The maximum absolute atomic E-state index is 13.9. The van der Waals surface area contributed by atoms with Crippen LogP contribution in [0.3, 0.4) is 0 Å². The van der Waals surface area contributed by atoms with Crippen molar-refractivity contribution in [2.75, 3.05) is 18.0 Å². The van der Waals surface area contributed by atoms with Crippen LogP contribution in [0.25, 0.3) is 0 Å². The third-order valence-corrected chi connectivity index (χ3v) is 8.43. The maximum Gasteiger partial charge on any atom is 0.264 e. The smallest absolute Gasteiger partial charge is 0.264 e. The maximum atomic E-state index is 13.9. The van der Waals surface area contributed by atoms with Gasteiger partial charge < -0.3 is 15.0 Å². The van der Waals surface area contributed by atoms with Crippen molar-refractivity contribution in [2.24, 2.45) is 0 Å². The number of halogens is 2. The summed E-state index contributed by atoms with van der Waals surface area (Å²) in [5.41, 5.74) is 0.932. The Morgan fingerprint density at radius 2 is 1.56 bits per heavy atom. The van der Waals surface area contributed by atoms with Gasteiger partial charge in [-0.15, -0.1) is 0 Å². The molecule has 0 spiro atoms. The minimum absolute atomic E-state index is 0.00756. The first kappa shape index (κ1) is 30.3. The number of amides is 2. The summed E-state index contributed by atoms with van der Waals surface area (Å²) in [6, 6.07) is 18.1. The molecule has 0 aliphatic heterocycles. The van der Waals surface area contributed by atoms with Gasteiger partial charge in [-0.25, -0.2) is 8.42 Å². The molecular weight excluding hydrogens is 561 g/mol. The quantitative estimate of drug-likeness (QED) is 0.333. The predicted molar refractivity (Wildman–Crippen MR) is 154 cm³/mol. The largest absolute Gasteiger partial charge is 0.497 e. The highest BCUT2D eigenvalue weighted by Crippen LogP contribution is 2.27. The van der Waals surface area contributed by atoms with E-state index in [-0.39, 0.29) is 23.4 Å². The highest BCUT2D eigenvalue weighted by atomic mass is 35.5. The molecule has 3 aromatic carbocycles. The van der Waals surface area contributed by atoms with Crippen LogP contribution in [0.15, 0.2) is 77.7 Å². The first-order valence-corrected chi connectivity index (χ1v) is 14.4. The number of hydrogen-bond acceptors (Lipinski definition) is 5. The van der Waals surface area contributed by atoms with Crippen molar-refractivity contribution in [3.8, 4) is 5.75 Å². The molecule has 0 saturated carbocycles. The van der Waals surface area contributed by atoms with Crippen molar-refractivity contribution in [3.05, 3.63) is 88.4 Å². The number of nitrogens with zero attached hydrogens (tertiary/aromatic N) is 2. The summed E-state index contributed by atoms with van der Waals surface area (Å²) in [6.07, 6.45) is 0. The van der Waals surface area contributed by atoms with Gasteiger partial charge in [-0.3, -0.25) is 13.9 Å². The minimum Gasteiger partial charge on any atom is -0.497 e. The predicted octanol–water partition coefficient (Wildman–Crippen LogP) is 5.14. The Bertz CT molecular complexity index is 1400. The fourth-order valence-electron chi connectivity index (χ4n) is 3.82. The Kier molecular flexibility index (Phi) is 10.2. The van der Waals surface area contributed by atoms with Crippen LogP contribution >= 0.6 is 23.2 Å². The second kappa shape index (κ2) is 13.2. The first-order valence-electron chi connectivity index (χ1n) is 12.2. The molecule has 208 valence electrons. The van der Waals surface area contributed by atoms with Gasteiger partial charge in [0.05, 0.1) is 27.7 Å². The van der Waals surface area contributed by atoms with Gasteiger partial charge in [0.1, 0.15) is 18.3 Å². The van der Waals surface area contributed by atoms with Gasteiger partial charge in [-0.05, 0) is 74.9 Å². The number of ether oxygens (including phenoxy) is 1. The number of para-hydroxylation sites is 1. The lowest BCUT2D eigenvalue weighted by Crippen LogP contribution is -2.52. The molecule has 3 aromatic rings. The molecule has 3 rings (SSSR count). The standard InChI is InChI=1S/C28H31Cl2N3O5S/c1-19(2)31-28(35)20(3)32(17-21-10-15-25(29)26(30)16-21)27(34)18-33(22-8-6-5-7-9-22)39(36,37)24-13-11-23(38-4)12-14-24/h5-16,19-20H,17-18H2,1-4H3,(H,31,35)/t20-/m1/s1. The minimum atomic E-state index is -4.17. The average molecular weight is 593 g/mol. The molecule has 0 saturated heterocycles. The zero-order valence-electron chi connectivity index (χ0n) is 22.1. The third kappa shape index (κ3) is 7.65. The SMILES string of the molecule is COc1ccc(S(=O)(=O)N(CC(=O)N(Cc2ccc(Cl)c(Cl)c2)[C@H](C)C(=O)NC(C)C)c2ccccc2)cc1. The van der Waals surface area contributed by atoms with Crippen molar-refractivity contribution in [1.29, 1.82) is 0 Å². The number of nitrogens with one attached hydrogen (secondary N) is 1. The Morgan fingerprint density at radius 3 is 2.13 bits per heavy atom. The molecule has 0 bridgehead atoms. The number of hydrogen-bond donors (Lipinski definition) is 1. The summed E-state index contributed by atoms with van der Waals surface area (Å²) >= 11 is 12.2. The van der Waals surface area contributed by atoms with E-state index in [1.54, 1.807) is 55.5 Å². The van der Waals surface area contributed by atoms with Crippen LogP contribution in [-0.2, 0) is 26.2 Å². The van der Waals surface area contributed by atoms with E-state index in [1.807, 2.05) is 13.8 Å². The summed E-state index contributed by atoms with van der Waals surface area (Å²) in [5.74, 6) is -0.454. The molecule has 0 fully saturated rings. The van der Waals surface area contributed by atoms with Gasteiger partial charge >= 0.3 is 0 Å². The number of benzene rings is 3. The van der Waals surface area contributed by atoms with Crippen LogP contribution in [0.4, 0.5) is 5.69 Å². The molecule has 8 nitrogen and oxygen atoms in total. The number of rotatable bonds is 11. The summed E-state index contributed by atoms with van der Waals surface area (Å²) in [7, 11) is -2.68. The Labute approximate surface area is 239 Å². The zero-order valence-corrected chi connectivity index (χ0v) is 24.4. The fourth-order valence-corrected chi connectivity index (χ4v) is 5.56. The second-order valence-electron chi connectivity index (χ2n) is 9.13. The zero-order chi connectivity index (χ0) is 28.7. The van der Waals surface area contributed by atoms with Crippen LogP contribution in [0.1, 0.15) is 26.3 Å². The van der Waals surface area contributed by atoms with Gasteiger partial charge in [0.25, 0.3) is 10.0 Å². The lowest BCUT2D eigenvalue weighted by Gasteiger charge is -2.32. The van der Waals surface area contributed by atoms with E-state index < -0.39 is 28.5 Å². The van der Waals surface area contributed by atoms with Crippen molar-refractivity contribution >= 4 is 50.7 Å². The van der Waals surface area contributed by atoms with Gasteiger partial charge in [-0.1, -0.05) is 47.5 Å². The molecule has 0 aromatic heterocycles. The molecule has 0 heterocycles. The van der Waals surface area contributed by atoms with Crippen molar-refractivity contribution in [1.82, 2.24) is 10.2 Å². The lowest BCUT2D eigenvalue weighted by molar-refractivity contribution is -0.139. The highest BCUT2D eigenvalue weighted by Gasteiger charge is 2.32. The van der Waals surface area contributed by atoms with Crippen LogP contribution in [0, 0.1) is 0 Å². The Morgan fingerprint density at radius 1 is 0.923 bits per heavy atom. The molecule has 0 aliphatic rings. The van der Waals surface area contributed by atoms with Crippen molar-refractivity contribution < 1.29 is 22.7 Å². The number of carbonyl (C=O) groups is 2. The number of sulfonamides is 1. The Balaban J connectivity index is 2.01. The van der Waals surface area contributed by atoms with E-state index in [2.05, 4.69) is 5.32 Å². The fraction of sp³-hybridized carbons (Fsp3) is 0.286. The van der Waals surface area contributed by atoms with Crippen molar-refractivity contribution in [2.45, 2.75) is 44.3 Å². The van der Waals surface area contributed by atoms with Gasteiger partial charge in [0, 0.05) is 12.6 Å². The monoisotopic (exact) mass is 591 g/mol. The van der Waals surface area contributed by atoms with Crippen LogP contribution < -0.4 is 14.4 Å². The lowest BCUT2D eigenvalue weighted by atomic mass is 10.1. The van der Waals surface area contributed by atoms with Gasteiger partial charge in [0.15, 0.2) is 0 Å². The van der Waals surface area contributed by atoms with Crippen LogP contribution in [0.2, 0.25) is 10.0 Å². The summed E-state index contributed by atoms with van der Waals surface area (Å²) in [5, 5.41) is 3.46. The number of carbonyl (C=O) groups excluding carboxylic acids is 2. The van der Waals surface area contributed by atoms with E-state index in [4.69, 9.17) is 27.9 Å². The number of anilines is 1. The van der Waals surface area contributed by atoms with Crippen molar-refractivity contribution in [3.63, 3.8) is 0 Å². The van der Waals surface area contributed by atoms with E-state index in [9.17, 15) is 18.0 Å². The normalized spacial score (nSPS) is 12.1. The molecule has 0 unspecified atom stereocenters. The van der Waals surface area contributed by atoms with Crippen LogP contribution in [-0.4, -0.2) is 50.9 Å². The summed E-state index contributed by atoms with van der Waals surface area (Å²) in [6.45, 7) is 4.69. The average Bonchev–Trinajstić information content (AvgIpc) is 2.91. The highest BCUT2D eigenvalue weighted by molar-refractivity contribution is 7.92. The molecule has 1 N–H and O–H groups in total. The van der Waals surface area contributed by atoms with E-state index in [0.717, 1.165) is 4.31 Å².